The first-order chi connectivity index (χ1) is 12.9. The van der Waals surface area contributed by atoms with E-state index in [0.29, 0.717) is 12.8 Å². The molecule has 0 bridgehead atoms. The van der Waals surface area contributed by atoms with E-state index in [0.717, 1.165) is 36.4 Å². The lowest BCUT2D eigenvalue weighted by molar-refractivity contribution is 0.0246. The molecule has 0 radical (unpaired) electrons. The molecule has 0 spiro atoms. The minimum atomic E-state index is -0.942. The van der Waals surface area contributed by atoms with Crippen molar-refractivity contribution < 1.29 is 9.90 Å². The number of hydrogen-bond donors (Lipinski definition) is 3. The first kappa shape index (κ1) is 19.2. The van der Waals surface area contributed by atoms with Gasteiger partial charge in [-0.3, -0.25) is 9.59 Å². The second-order valence-electron chi connectivity index (χ2n) is 6.70. The molecule has 0 saturated heterocycles. The van der Waals surface area contributed by atoms with Gasteiger partial charge < -0.3 is 10.4 Å². The predicted octanol–water partition coefficient (Wildman–Crippen LogP) is 0.784. The summed E-state index contributed by atoms with van der Waals surface area (Å²) in [6, 6.07) is 1.30. The molecule has 1 aliphatic rings. The summed E-state index contributed by atoms with van der Waals surface area (Å²) in [5, 5.41) is 18.8. The Hall–Kier alpha value is -2.52. The van der Waals surface area contributed by atoms with E-state index in [2.05, 4.69) is 20.5 Å². The van der Waals surface area contributed by atoms with E-state index in [-0.39, 0.29) is 22.9 Å². The Kier molecular flexibility index (Phi) is 5.71. The van der Waals surface area contributed by atoms with Gasteiger partial charge in [-0.25, -0.2) is 19.4 Å². The Morgan fingerprint density at radius 2 is 1.96 bits per heavy atom. The number of hydrogen-bond acceptors (Lipinski definition) is 6. The number of carbonyl (C=O) groups excluding carboxylic acids is 1. The Morgan fingerprint density at radius 1 is 1.26 bits per heavy atom. The molecular weight excluding hydrogens is 374 g/mol. The number of rotatable bonds is 4. The Balaban J connectivity index is 1.83. The van der Waals surface area contributed by atoms with Gasteiger partial charge >= 0.3 is 5.69 Å². The number of amides is 1. The molecule has 10 heteroatoms. The monoisotopic (exact) mass is 393 g/mol. The summed E-state index contributed by atoms with van der Waals surface area (Å²) < 4.78 is 0.798. The largest absolute Gasteiger partial charge is 0.388 e. The number of halogens is 1. The number of H-pyrrole nitrogens is 1. The first-order valence-corrected chi connectivity index (χ1v) is 9.11. The third-order valence-corrected chi connectivity index (χ3v) is 5.00. The van der Waals surface area contributed by atoms with Gasteiger partial charge in [-0.05, 0) is 18.9 Å². The van der Waals surface area contributed by atoms with Crippen LogP contribution in [0.2, 0.25) is 5.15 Å². The quantitative estimate of drug-likeness (QED) is 0.520. The molecule has 144 valence electrons. The SMILES string of the molecule is O=C(NCC1(O)CCCCCC1)c1cc(-n2c(=O)cn[nH]c2=O)cnc1Cl. The van der Waals surface area contributed by atoms with Crippen LogP contribution >= 0.6 is 11.6 Å². The molecule has 9 nitrogen and oxygen atoms in total. The van der Waals surface area contributed by atoms with Crippen LogP contribution in [0.15, 0.2) is 28.0 Å². The van der Waals surface area contributed by atoms with Crippen LogP contribution in [0.4, 0.5) is 0 Å². The van der Waals surface area contributed by atoms with Gasteiger partial charge in [0.05, 0.1) is 23.0 Å². The zero-order valence-corrected chi connectivity index (χ0v) is 15.3. The van der Waals surface area contributed by atoms with Crippen molar-refractivity contribution in [1.82, 2.24) is 25.1 Å². The molecule has 0 aromatic carbocycles. The van der Waals surface area contributed by atoms with Crippen molar-refractivity contribution in [3.8, 4) is 5.69 Å². The summed E-state index contributed by atoms with van der Waals surface area (Å²) in [5.74, 6) is -0.537. The normalized spacial score (nSPS) is 16.5. The number of pyridine rings is 1. The van der Waals surface area contributed by atoms with Gasteiger partial charge in [-0.15, -0.1) is 0 Å². The van der Waals surface area contributed by atoms with Gasteiger partial charge in [-0.2, -0.15) is 5.10 Å². The highest BCUT2D eigenvalue weighted by Crippen LogP contribution is 2.26. The van der Waals surface area contributed by atoms with E-state index in [1.807, 2.05) is 0 Å². The van der Waals surface area contributed by atoms with Crippen molar-refractivity contribution >= 4 is 17.5 Å². The standard InChI is InChI=1S/C17H20ClN5O4/c18-14-12(15(25)20-10-17(27)5-3-1-2-4-6-17)7-11(8-19-14)23-13(24)9-21-22-16(23)26/h7-9,27H,1-6,10H2,(H,20,25)(H,22,26). The summed E-state index contributed by atoms with van der Waals surface area (Å²) >= 11 is 6.02. The van der Waals surface area contributed by atoms with E-state index in [9.17, 15) is 19.5 Å². The average Bonchev–Trinajstić information content (AvgIpc) is 2.86. The maximum atomic E-state index is 12.6. The van der Waals surface area contributed by atoms with Crippen LogP contribution in [0.3, 0.4) is 0 Å². The second-order valence-corrected chi connectivity index (χ2v) is 7.06. The molecule has 27 heavy (non-hydrogen) atoms. The van der Waals surface area contributed by atoms with Crippen molar-refractivity contribution in [2.24, 2.45) is 0 Å². The minimum absolute atomic E-state index is 0.00880. The Morgan fingerprint density at radius 3 is 2.63 bits per heavy atom. The maximum Gasteiger partial charge on any atom is 0.349 e. The number of aromatic nitrogens is 4. The molecule has 1 saturated carbocycles. The fourth-order valence-electron chi connectivity index (χ4n) is 3.22. The predicted molar refractivity (Wildman–Crippen MR) is 98.2 cm³/mol. The van der Waals surface area contributed by atoms with Gasteiger partial charge in [-0.1, -0.05) is 37.3 Å². The molecule has 2 heterocycles. The molecule has 1 amide bonds. The second kappa shape index (κ2) is 8.01. The van der Waals surface area contributed by atoms with E-state index in [1.165, 1.54) is 12.3 Å². The minimum Gasteiger partial charge on any atom is -0.388 e. The molecule has 1 aliphatic carbocycles. The number of nitrogens with zero attached hydrogens (tertiary/aromatic N) is 3. The van der Waals surface area contributed by atoms with E-state index in [4.69, 9.17) is 11.6 Å². The summed E-state index contributed by atoms with van der Waals surface area (Å²) in [4.78, 5) is 40.2. The summed E-state index contributed by atoms with van der Waals surface area (Å²) in [6.07, 6.45) is 7.39. The number of carbonyl (C=O) groups is 1. The van der Waals surface area contributed by atoms with Crippen LogP contribution in [-0.4, -0.2) is 42.9 Å². The molecule has 0 aliphatic heterocycles. The van der Waals surface area contributed by atoms with E-state index in [1.54, 1.807) is 0 Å². The topological polar surface area (TPSA) is 130 Å². The van der Waals surface area contributed by atoms with E-state index >= 15 is 0 Å². The molecule has 0 atom stereocenters. The summed E-state index contributed by atoms with van der Waals surface area (Å²) in [5.41, 5.74) is -2.27. The Labute approximate surface area is 159 Å². The van der Waals surface area contributed by atoms with Crippen LogP contribution in [0.1, 0.15) is 48.9 Å². The highest BCUT2D eigenvalue weighted by Gasteiger charge is 2.29. The smallest absolute Gasteiger partial charge is 0.349 e. The third-order valence-electron chi connectivity index (χ3n) is 4.70. The Bertz CT molecular complexity index is 919. The molecule has 2 aromatic heterocycles. The van der Waals surface area contributed by atoms with Crippen molar-refractivity contribution in [2.45, 2.75) is 44.1 Å². The van der Waals surface area contributed by atoms with Crippen LogP contribution < -0.4 is 16.6 Å². The highest BCUT2D eigenvalue weighted by atomic mass is 35.5. The van der Waals surface area contributed by atoms with Gasteiger partial charge in [0.25, 0.3) is 11.5 Å². The lowest BCUT2D eigenvalue weighted by atomic mass is 9.94. The molecule has 0 unspecified atom stereocenters. The average molecular weight is 394 g/mol. The number of nitrogens with one attached hydrogen (secondary N) is 2. The fourth-order valence-corrected chi connectivity index (χ4v) is 3.41. The maximum absolute atomic E-state index is 12.6. The molecule has 3 N–H and O–H groups in total. The summed E-state index contributed by atoms with van der Waals surface area (Å²) in [7, 11) is 0. The van der Waals surface area contributed by atoms with Crippen molar-refractivity contribution in [3.63, 3.8) is 0 Å². The van der Waals surface area contributed by atoms with Gasteiger partial charge in [0.2, 0.25) is 0 Å². The summed E-state index contributed by atoms with van der Waals surface area (Å²) in [6.45, 7) is 0.0994. The van der Waals surface area contributed by atoms with Crippen LogP contribution in [0.25, 0.3) is 5.69 Å². The fraction of sp³-hybridized carbons (Fsp3) is 0.471. The third kappa shape index (κ3) is 4.42. The van der Waals surface area contributed by atoms with Crippen LogP contribution in [0, 0.1) is 0 Å². The van der Waals surface area contributed by atoms with Crippen molar-refractivity contribution in [3.05, 3.63) is 50.0 Å². The van der Waals surface area contributed by atoms with Crippen LogP contribution in [0.5, 0.6) is 0 Å². The lowest BCUT2D eigenvalue weighted by Crippen LogP contribution is -2.42. The highest BCUT2D eigenvalue weighted by molar-refractivity contribution is 6.32. The van der Waals surface area contributed by atoms with Crippen LogP contribution in [-0.2, 0) is 0 Å². The number of aromatic amines is 1. The van der Waals surface area contributed by atoms with Gasteiger partial charge in [0, 0.05) is 6.54 Å². The molecular formula is C17H20ClN5O4. The molecule has 3 rings (SSSR count). The van der Waals surface area contributed by atoms with E-state index < -0.39 is 22.8 Å². The molecule has 2 aromatic rings. The van der Waals surface area contributed by atoms with Gasteiger partial charge in [0.15, 0.2) is 0 Å². The molecule has 1 fully saturated rings. The van der Waals surface area contributed by atoms with Crippen molar-refractivity contribution in [1.29, 1.82) is 0 Å². The zero-order valence-electron chi connectivity index (χ0n) is 14.6. The zero-order chi connectivity index (χ0) is 19.4. The van der Waals surface area contributed by atoms with Crippen molar-refractivity contribution in [2.75, 3.05) is 6.54 Å². The lowest BCUT2D eigenvalue weighted by Gasteiger charge is -2.26. The number of aliphatic hydroxyl groups is 1. The first-order valence-electron chi connectivity index (χ1n) is 8.73. The van der Waals surface area contributed by atoms with Gasteiger partial charge in [0.1, 0.15) is 11.3 Å².